The number of alkyl halides is 6. The van der Waals surface area contributed by atoms with E-state index in [0.29, 0.717) is 29.2 Å². The molecular formula is C19H15F6N3O. The number of amides is 1. The molecule has 0 unspecified atom stereocenters. The third-order valence-corrected chi connectivity index (χ3v) is 4.34. The van der Waals surface area contributed by atoms with E-state index in [1.807, 2.05) is 13.0 Å². The second-order valence-corrected chi connectivity index (χ2v) is 6.55. The van der Waals surface area contributed by atoms with E-state index < -0.39 is 35.1 Å². The van der Waals surface area contributed by atoms with E-state index in [9.17, 15) is 31.1 Å². The van der Waals surface area contributed by atoms with Crippen LogP contribution in [0.25, 0.3) is 5.65 Å². The van der Waals surface area contributed by atoms with Crippen molar-refractivity contribution in [2.45, 2.75) is 32.6 Å². The van der Waals surface area contributed by atoms with E-state index in [1.165, 1.54) is 0 Å². The molecule has 1 aromatic carbocycles. The molecule has 0 spiro atoms. The Bertz CT molecular complexity index is 1050. The molecule has 2 aromatic heterocycles. The highest BCUT2D eigenvalue weighted by atomic mass is 19.4. The minimum atomic E-state index is -4.99. The van der Waals surface area contributed by atoms with Crippen LogP contribution in [0.1, 0.15) is 28.1 Å². The first-order chi connectivity index (χ1) is 13.4. The summed E-state index contributed by atoms with van der Waals surface area (Å²) in [6.45, 7) is 3.49. The largest absolute Gasteiger partial charge is 0.416 e. The molecule has 0 saturated heterocycles. The highest BCUT2D eigenvalue weighted by molar-refractivity contribution is 5.92. The van der Waals surface area contributed by atoms with Crippen LogP contribution in [-0.2, 0) is 23.6 Å². The van der Waals surface area contributed by atoms with Gasteiger partial charge in [0.1, 0.15) is 5.65 Å². The summed E-state index contributed by atoms with van der Waals surface area (Å²) in [4.78, 5) is 16.7. The number of aryl methyl sites for hydroxylation is 2. The lowest BCUT2D eigenvalue weighted by Gasteiger charge is -2.15. The Morgan fingerprint density at radius 2 is 1.62 bits per heavy atom. The molecule has 10 heteroatoms. The Morgan fingerprint density at radius 3 is 2.17 bits per heavy atom. The van der Waals surface area contributed by atoms with Crippen LogP contribution in [-0.4, -0.2) is 15.3 Å². The highest BCUT2D eigenvalue weighted by Gasteiger charge is 2.37. The average Bonchev–Trinajstić information content (AvgIpc) is 2.90. The molecule has 3 aromatic rings. The summed E-state index contributed by atoms with van der Waals surface area (Å²) >= 11 is 0. The lowest BCUT2D eigenvalue weighted by molar-refractivity contribution is -0.143. The zero-order chi connectivity index (χ0) is 21.6. The fourth-order valence-corrected chi connectivity index (χ4v) is 2.96. The number of benzene rings is 1. The van der Waals surface area contributed by atoms with Gasteiger partial charge in [-0.05, 0) is 43.7 Å². The number of carbonyl (C=O) groups is 1. The lowest BCUT2D eigenvalue weighted by Crippen LogP contribution is -2.18. The Morgan fingerprint density at radius 1 is 1.03 bits per heavy atom. The third-order valence-electron chi connectivity index (χ3n) is 4.34. The number of imidazole rings is 1. The van der Waals surface area contributed by atoms with Crippen LogP contribution in [0.15, 0.2) is 36.5 Å². The Hall–Kier alpha value is -3.04. The van der Waals surface area contributed by atoms with Gasteiger partial charge in [0.25, 0.3) is 0 Å². The monoisotopic (exact) mass is 415 g/mol. The summed E-state index contributed by atoms with van der Waals surface area (Å²) in [6, 6.07) is 4.52. The zero-order valence-corrected chi connectivity index (χ0v) is 15.2. The topological polar surface area (TPSA) is 46.4 Å². The summed E-state index contributed by atoms with van der Waals surface area (Å²) in [5, 5.41) is 2.13. The van der Waals surface area contributed by atoms with Crippen LogP contribution in [0.4, 0.5) is 32.0 Å². The van der Waals surface area contributed by atoms with E-state index in [2.05, 4.69) is 10.3 Å². The lowest BCUT2D eigenvalue weighted by atomic mass is 10.1. The van der Waals surface area contributed by atoms with E-state index in [4.69, 9.17) is 0 Å². The molecule has 1 amide bonds. The summed E-state index contributed by atoms with van der Waals surface area (Å²) in [6.07, 6.45) is -8.57. The molecule has 0 saturated carbocycles. The van der Waals surface area contributed by atoms with Gasteiger partial charge in [-0.25, -0.2) is 4.98 Å². The van der Waals surface area contributed by atoms with Crippen LogP contribution < -0.4 is 5.32 Å². The summed E-state index contributed by atoms with van der Waals surface area (Å²) < 4.78 is 79.4. The Kier molecular flexibility index (Phi) is 5.06. The third kappa shape index (κ3) is 4.36. The fraction of sp³-hybridized carbons (Fsp3) is 0.263. The van der Waals surface area contributed by atoms with E-state index in [-0.39, 0.29) is 12.5 Å². The van der Waals surface area contributed by atoms with Gasteiger partial charge in [-0.1, -0.05) is 6.07 Å². The normalized spacial score (nSPS) is 12.4. The number of rotatable bonds is 3. The number of nitrogens with zero attached hydrogens (tertiary/aromatic N) is 2. The molecule has 29 heavy (non-hydrogen) atoms. The van der Waals surface area contributed by atoms with Gasteiger partial charge in [-0.15, -0.1) is 0 Å². The second kappa shape index (κ2) is 7.09. The van der Waals surface area contributed by atoms with Gasteiger partial charge in [0.2, 0.25) is 5.91 Å². The molecule has 0 aliphatic rings. The van der Waals surface area contributed by atoms with Crippen molar-refractivity contribution >= 4 is 17.2 Å². The molecule has 0 bridgehead atoms. The van der Waals surface area contributed by atoms with Gasteiger partial charge < -0.3 is 9.72 Å². The van der Waals surface area contributed by atoms with Gasteiger partial charge in [0, 0.05) is 11.9 Å². The number of anilines is 1. The SMILES string of the molecule is Cc1nc2c(C)cccn2c1CC(=O)Nc1cc(C(F)(F)F)cc(C(F)(F)F)c1. The first kappa shape index (κ1) is 20.7. The van der Waals surface area contributed by atoms with Crippen LogP contribution in [0.5, 0.6) is 0 Å². The quantitative estimate of drug-likeness (QED) is 0.600. The van der Waals surface area contributed by atoms with Crippen LogP contribution >= 0.6 is 0 Å². The number of halogens is 6. The predicted molar refractivity (Wildman–Crippen MR) is 93.4 cm³/mol. The smallest absolute Gasteiger partial charge is 0.326 e. The molecule has 154 valence electrons. The molecule has 2 heterocycles. The molecule has 1 N–H and O–H groups in total. The minimum Gasteiger partial charge on any atom is -0.326 e. The van der Waals surface area contributed by atoms with E-state index >= 15 is 0 Å². The maximum Gasteiger partial charge on any atom is 0.416 e. The number of pyridine rings is 1. The molecule has 0 atom stereocenters. The highest BCUT2D eigenvalue weighted by Crippen LogP contribution is 2.37. The number of hydrogen-bond acceptors (Lipinski definition) is 2. The van der Waals surface area contributed by atoms with E-state index in [1.54, 1.807) is 23.6 Å². The van der Waals surface area contributed by atoms with Crippen molar-refractivity contribution in [1.82, 2.24) is 9.38 Å². The van der Waals surface area contributed by atoms with Gasteiger partial charge in [0.05, 0.1) is 28.9 Å². The predicted octanol–water partition coefficient (Wildman–Crippen LogP) is 5.17. The molecule has 4 nitrogen and oxygen atoms in total. The number of carbonyl (C=O) groups excluding carboxylic acids is 1. The van der Waals surface area contributed by atoms with Gasteiger partial charge in [-0.2, -0.15) is 26.3 Å². The number of nitrogens with one attached hydrogen (secondary N) is 1. The van der Waals surface area contributed by atoms with Crippen molar-refractivity contribution in [2.24, 2.45) is 0 Å². The van der Waals surface area contributed by atoms with Crippen molar-refractivity contribution in [3.8, 4) is 0 Å². The average molecular weight is 415 g/mol. The second-order valence-electron chi connectivity index (χ2n) is 6.55. The molecular weight excluding hydrogens is 400 g/mol. The first-order valence-corrected chi connectivity index (χ1v) is 8.39. The van der Waals surface area contributed by atoms with Gasteiger partial charge in [0.15, 0.2) is 0 Å². The first-order valence-electron chi connectivity index (χ1n) is 8.39. The number of fused-ring (bicyclic) bond motifs is 1. The molecule has 0 radical (unpaired) electrons. The summed E-state index contributed by atoms with van der Waals surface area (Å²) in [5.74, 6) is -0.760. The van der Waals surface area contributed by atoms with Crippen LogP contribution in [0.3, 0.4) is 0 Å². The van der Waals surface area contributed by atoms with Crippen molar-refractivity contribution in [2.75, 3.05) is 5.32 Å². The number of aromatic nitrogens is 2. The van der Waals surface area contributed by atoms with Gasteiger partial charge in [-0.3, -0.25) is 4.79 Å². The fourth-order valence-electron chi connectivity index (χ4n) is 2.96. The standard InChI is InChI=1S/C19H15F6N3O/c1-10-4-3-5-28-15(11(2)26-17(10)28)9-16(29)27-14-7-12(18(20,21)22)6-13(8-14)19(23,24)25/h3-8H,9H2,1-2H3,(H,27,29). The maximum absolute atomic E-state index is 13.0. The molecule has 0 aliphatic carbocycles. The minimum absolute atomic E-state index is 0.00700. The molecule has 0 fully saturated rings. The van der Waals surface area contributed by atoms with Crippen LogP contribution in [0.2, 0.25) is 0 Å². The Balaban J connectivity index is 1.92. The zero-order valence-electron chi connectivity index (χ0n) is 15.2. The van der Waals surface area contributed by atoms with Crippen molar-refractivity contribution < 1.29 is 31.1 Å². The van der Waals surface area contributed by atoms with Crippen LogP contribution in [0, 0.1) is 13.8 Å². The number of hydrogen-bond donors (Lipinski definition) is 1. The van der Waals surface area contributed by atoms with Gasteiger partial charge >= 0.3 is 12.4 Å². The Labute approximate surface area is 161 Å². The molecule has 0 aliphatic heterocycles. The van der Waals surface area contributed by atoms with Crippen molar-refractivity contribution in [3.05, 3.63) is 64.6 Å². The van der Waals surface area contributed by atoms with Crippen molar-refractivity contribution in [1.29, 1.82) is 0 Å². The molecule has 3 rings (SSSR count). The van der Waals surface area contributed by atoms with Crippen molar-refractivity contribution in [3.63, 3.8) is 0 Å². The van der Waals surface area contributed by atoms with E-state index in [0.717, 1.165) is 5.56 Å². The summed E-state index contributed by atoms with van der Waals surface area (Å²) in [7, 11) is 0. The summed E-state index contributed by atoms with van der Waals surface area (Å²) in [5.41, 5.74) is -1.08. The maximum atomic E-state index is 13.0.